The number of nitrogens with zero attached hydrogens (tertiary/aromatic N) is 1. The minimum atomic E-state index is -1.38. The SMILES string of the molecule is CCCCCCCOC(=O)CCCCC(=O)OCC(COC(=O)CCCCC(=O)OCCCCCCC)(COC(=O)CCCN(C)C)COC(=O)CC(CCCCCC)CCCCCC. The highest BCUT2D eigenvalue weighted by atomic mass is 16.6. The van der Waals surface area contributed by atoms with Crippen LogP contribution in [0.3, 0.4) is 0 Å². The van der Waals surface area contributed by atoms with Gasteiger partial charge in [0.2, 0.25) is 0 Å². The average molecular weight is 926 g/mol. The Kier molecular flexibility index (Phi) is 41.2. The molecule has 0 heterocycles. The van der Waals surface area contributed by atoms with E-state index in [-0.39, 0.29) is 82.8 Å². The van der Waals surface area contributed by atoms with Crippen LogP contribution in [0.15, 0.2) is 0 Å². The number of carbonyl (C=O) groups excluding carboxylic acids is 6. The van der Waals surface area contributed by atoms with Gasteiger partial charge in [-0.05, 0) is 84.3 Å². The zero-order chi connectivity index (χ0) is 48.2. The third-order valence-corrected chi connectivity index (χ3v) is 11.6. The number of unbranched alkanes of at least 4 members (excludes halogenated alkanes) is 16. The van der Waals surface area contributed by atoms with Crippen LogP contribution < -0.4 is 0 Å². The van der Waals surface area contributed by atoms with Crippen LogP contribution >= 0.6 is 0 Å². The molecule has 0 spiro atoms. The largest absolute Gasteiger partial charge is 0.466 e. The highest BCUT2D eigenvalue weighted by Gasteiger charge is 2.38. The van der Waals surface area contributed by atoms with Crippen molar-refractivity contribution in [1.82, 2.24) is 4.90 Å². The van der Waals surface area contributed by atoms with Crippen LogP contribution in [0, 0.1) is 11.3 Å². The van der Waals surface area contributed by atoms with Gasteiger partial charge >= 0.3 is 35.8 Å². The number of ether oxygens (including phenoxy) is 6. The zero-order valence-corrected chi connectivity index (χ0v) is 42.3. The molecule has 0 aromatic heterocycles. The van der Waals surface area contributed by atoms with Gasteiger partial charge in [-0.25, -0.2) is 0 Å². The third-order valence-electron chi connectivity index (χ3n) is 11.6. The lowest BCUT2D eigenvalue weighted by Crippen LogP contribution is -2.44. The predicted molar refractivity (Wildman–Crippen MR) is 256 cm³/mol. The zero-order valence-electron chi connectivity index (χ0n) is 42.3. The first-order valence-corrected chi connectivity index (χ1v) is 26.0. The van der Waals surface area contributed by atoms with Crippen molar-refractivity contribution in [3.8, 4) is 0 Å². The Bertz CT molecular complexity index is 1160. The van der Waals surface area contributed by atoms with Crippen LogP contribution in [0.1, 0.15) is 227 Å². The normalized spacial score (nSPS) is 11.4. The monoisotopic (exact) mass is 926 g/mol. The Labute approximate surface area is 395 Å². The molecule has 0 unspecified atom stereocenters. The molecule has 0 aliphatic carbocycles. The van der Waals surface area contributed by atoms with Crippen LogP contribution in [-0.4, -0.2) is 101 Å². The molecule has 0 amide bonds. The van der Waals surface area contributed by atoms with Gasteiger partial charge in [0.05, 0.1) is 13.2 Å². The first-order valence-electron chi connectivity index (χ1n) is 26.0. The molecule has 380 valence electrons. The second-order valence-corrected chi connectivity index (χ2v) is 18.5. The van der Waals surface area contributed by atoms with E-state index in [1.54, 1.807) is 0 Å². The summed E-state index contributed by atoms with van der Waals surface area (Å²) in [5.41, 5.74) is -1.38. The first kappa shape index (κ1) is 61.8. The van der Waals surface area contributed by atoms with Crippen LogP contribution in [0.25, 0.3) is 0 Å². The Morgan fingerprint density at radius 1 is 0.369 bits per heavy atom. The summed E-state index contributed by atoms with van der Waals surface area (Å²) in [6.07, 6.45) is 24.4. The van der Waals surface area contributed by atoms with Crippen molar-refractivity contribution in [1.29, 1.82) is 0 Å². The fourth-order valence-corrected chi connectivity index (χ4v) is 7.31. The van der Waals surface area contributed by atoms with E-state index < -0.39 is 29.3 Å². The van der Waals surface area contributed by atoms with Gasteiger partial charge < -0.3 is 33.3 Å². The van der Waals surface area contributed by atoms with Crippen molar-refractivity contribution in [2.75, 3.05) is 60.3 Å². The molecule has 0 bridgehead atoms. The number of hydrogen-bond acceptors (Lipinski definition) is 13. The molecule has 0 aromatic carbocycles. The van der Waals surface area contributed by atoms with E-state index in [9.17, 15) is 28.8 Å². The summed E-state index contributed by atoms with van der Waals surface area (Å²) < 4.78 is 33.9. The summed E-state index contributed by atoms with van der Waals surface area (Å²) in [6.45, 7) is 8.85. The highest BCUT2D eigenvalue weighted by Crippen LogP contribution is 2.26. The Balaban J connectivity index is 5.85. The molecule has 0 atom stereocenters. The van der Waals surface area contributed by atoms with Crippen molar-refractivity contribution in [3.63, 3.8) is 0 Å². The van der Waals surface area contributed by atoms with Crippen molar-refractivity contribution in [3.05, 3.63) is 0 Å². The van der Waals surface area contributed by atoms with Gasteiger partial charge in [0.25, 0.3) is 0 Å². The predicted octanol–water partition coefficient (Wildman–Crippen LogP) is 11.6. The maximum atomic E-state index is 13.6. The Hall–Kier alpha value is -3.22. The number of hydrogen-bond donors (Lipinski definition) is 0. The lowest BCUT2D eigenvalue weighted by Gasteiger charge is -2.32. The molecule has 0 saturated carbocycles. The summed E-state index contributed by atoms with van der Waals surface area (Å²) in [4.78, 5) is 79.3. The topological polar surface area (TPSA) is 161 Å². The highest BCUT2D eigenvalue weighted by molar-refractivity contribution is 5.72. The van der Waals surface area contributed by atoms with Crippen LogP contribution in [0.5, 0.6) is 0 Å². The van der Waals surface area contributed by atoms with Crippen molar-refractivity contribution >= 4 is 35.8 Å². The maximum absolute atomic E-state index is 13.6. The molecule has 0 aliphatic rings. The maximum Gasteiger partial charge on any atom is 0.306 e. The van der Waals surface area contributed by atoms with Crippen LogP contribution in [0.2, 0.25) is 0 Å². The van der Waals surface area contributed by atoms with Crippen LogP contribution in [-0.2, 0) is 57.2 Å². The summed E-state index contributed by atoms with van der Waals surface area (Å²) in [5, 5.41) is 0. The van der Waals surface area contributed by atoms with Crippen molar-refractivity contribution < 1.29 is 57.2 Å². The van der Waals surface area contributed by atoms with E-state index in [2.05, 4.69) is 27.7 Å². The lowest BCUT2D eigenvalue weighted by molar-refractivity contribution is -0.171. The molecule has 13 nitrogen and oxygen atoms in total. The molecule has 0 aromatic rings. The summed E-state index contributed by atoms with van der Waals surface area (Å²) in [7, 11) is 3.83. The fourth-order valence-electron chi connectivity index (χ4n) is 7.31. The fraction of sp³-hybridized carbons (Fsp3) is 0.885. The van der Waals surface area contributed by atoms with E-state index in [1.165, 1.54) is 12.8 Å². The average Bonchev–Trinajstić information content (AvgIpc) is 3.28. The number of esters is 6. The second-order valence-electron chi connectivity index (χ2n) is 18.5. The van der Waals surface area contributed by atoms with Gasteiger partial charge in [0.15, 0.2) is 0 Å². The second kappa shape index (κ2) is 43.4. The summed E-state index contributed by atoms with van der Waals surface area (Å²) >= 11 is 0. The molecule has 13 heteroatoms. The van der Waals surface area contributed by atoms with Gasteiger partial charge in [-0.3, -0.25) is 28.8 Å². The Morgan fingerprint density at radius 3 is 1.03 bits per heavy atom. The quantitative estimate of drug-likeness (QED) is 0.0322. The van der Waals surface area contributed by atoms with E-state index in [1.807, 2.05) is 19.0 Å². The van der Waals surface area contributed by atoms with Crippen molar-refractivity contribution in [2.45, 2.75) is 227 Å². The molecule has 0 aliphatic heterocycles. The number of carbonyl (C=O) groups is 6. The van der Waals surface area contributed by atoms with Gasteiger partial charge in [0, 0.05) is 38.5 Å². The standard InChI is InChI=1S/C52H95NO12/c1-7-11-15-19-27-38-60-46(54)32-23-25-34-48(56)62-41-52(43-64-50(58)36-29-37-53(5)6,42-63-49(57)35-26-24-33-47(55)61-39-28-20-16-12-8-2)44-65-51(59)40-45(30-21-17-13-9-3)31-22-18-14-10-4/h45H,7-44H2,1-6H3. The van der Waals surface area contributed by atoms with Gasteiger partial charge in [-0.2, -0.15) is 0 Å². The van der Waals surface area contributed by atoms with E-state index in [4.69, 9.17) is 28.4 Å². The van der Waals surface area contributed by atoms with Gasteiger partial charge in [-0.15, -0.1) is 0 Å². The van der Waals surface area contributed by atoms with E-state index in [0.717, 1.165) is 116 Å². The van der Waals surface area contributed by atoms with E-state index in [0.29, 0.717) is 51.9 Å². The molecule has 0 N–H and O–H groups in total. The summed E-state index contributed by atoms with van der Waals surface area (Å²) in [6, 6.07) is 0. The molecule has 0 radical (unpaired) electrons. The minimum Gasteiger partial charge on any atom is -0.466 e. The smallest absolute Gasteiger partial charge is 0.306 e. The number of rotatable bonds is 46. The first-order chi connectivity index (χ1) is 31.4. The molecular formula is C52H95NO12. The minimum absolute atomic E-state index is 0.0311. The van der Waals surface area contributed by atoms with Gasteiger partial charge in [0.1, 0.15) is 31.8 Å². The van der Waals surface area contributed by atoms with Crippen LogP contribution in [0.4, 0.5) is 0 Å². The van der Waals surface area contributed by atoms with Gasteiger partial charge in [-0.1, -0.05) is 130 Å². The summed E-state index contributed by atoms with van der Waals surface area (Å²) in [5.74, 6) is -2.37. The van der Waals surface area contributed by atoms with E-state index >= 15 is 0 Å². The third kappa shape index (κ3) is 39.6. The molecule has 0 fully saturated rings. The lowest BCUT2D eigenvalue weighted by atomic mass is 9.91. The molecule has 0 saturated heterocycles. The molecule has 65 heavy (non-hydrogen) atoms. The van der Waals surface area contributed by atoms with Crippen molar-refractivity contribution in [2.24, 2.45) is 11.3 Å². The molecular weight excluding hydrogens is 831 g/mol. The molecule has 0 rings (SSSR count). The Morgan fingerprint density at radius 2 is 0.677 bits per heavy atom.